The van der Waals surface area contributed by atoms with Gasteiger partial charge in [0.2, 0.25) is 0 Å². The molecule has 0 bridgehead atoms. The van der Waals surface area contributed by atoms with Gasteiger partial charge in [-0.15, -0.1) is 0 Å². The molecular formula is C21H42. The highest BCUT2D eigenvalue weighted by Gasteiger charge is 2.34. The molecule has 1 saturated carbocycles. The summed E-state index contributed by atoms with van der Waals surface area (Å²) in [6, 6.07) is 0. The van der Waals surface area contributed by atoms with Crippen LogP contribution in [-0.4, -0.2) is 0 Å². The first-order chi connectivity index (χ1) is 9.91. The van der Waals surface area contributed by atoms with Crippen LogP contribution in [0.3, 0.4) is 0 Å². The fraction of sp³-hybridized carbons (Fsp3) is 1.00. The van der Waals surface area contributed by atoms with Crippen molar-refractivity contribution in [1.82, 2.24) is 0 Å². The van der Waals surface area contributed by atoms with Gasteiger partial charge in [-0.3, -0.25) is 0 Å². The first kappa shape index (κ1) is 19.0. The zero-order chi connectivity index (χ0) is 15.9. The Morgan fingerprint density at radius 1 is 1.05 bits per heavy atom. The lowest BCUT2D eigenvalue weighted by atomic mass is 9.63. The van der Waals surface area contributed by atoms with E-state index in [1.807, 2.05) is 0 Å². The van der Waals surface area contributed by atoms with Crippen LogP contribution in [-0.2, 0) is 0 Å². The predicted molar refractivity (Wildman–Crippen MR) is 96.6 cm³/mol. The molecule has 1 fully saturated rings. The van der Waals surface area contributed by atoms with Crippen molar-refractivity contribution < 1.29 is 0 Å². The Hall–Kier alpha value is 0. The average molecular weight is 295 g/mol. The zero-order valence-corrected chi connectivity index (χ0v) is 15.9. The fourth-order valence-electron chi connectivity index (χ4n) is 4.56. The lowest BCUT2D eigenvalue weighted by Crippen LogP contribution is -2.31. The number of hydrogen-bond donors (Lipinski definition) is 0. The molecule has 0 aliphatic heterocycles. The largest absolute Gasteiger partial charge is 0.0654 e. The quantitative estimate of drug-likeness (QED) is 0.387. The number of unbranched alkanes of at least 4 members (excludes halogenated alkanes) is 2. The van der Waals surface area contributed by atoms with Crippen molar-refractivity contribution in [3.63, 3.8) is 0 Å². The SMILES string of the molecule is CCCCCC(C)C(C)CCC1(C)CCC(CC)C(C)C1. The van der Waals surface area contributed by atoms with Crippen LogP contribution in [0.5, 0.6) is 0 Å². The van der Waals surface area contributed by atoms with E-state index >= 15 is 0 Å². The summed E-state index contributed by atoms with van der Waals surface area (Å²) in [6.45, 7) is 14.7. The maximum absolute atomic E-state index is 2.57. The van der Waals surface area contributed by atoms with Crippen molar-refractivity contribution in [2.24, 2.45) is 29.1 Å². The molecule has 0 saturated heterocycles. The van der Waals surface area contributed by atoms with Crippen LogP contribution < -0.4 is 0 Å². The standard InChI is InChI=1S/C21H42/c1-7-9-10-11-17(3)18(4)12-14-21(6)15-13-20(8-2)19(5)16-21/h17-20H,7-16H2,1-6H3. The highest BCUT2D eigenvalue weighted by Crippen LogP contribution is 2.46. The van der Waals surface area contributed by atoms with Crippen LogP contribution in [0.2, 0.25) is 0 Å². The van der Waals surface area contributed by atoms with Gasteiger partial charge in [-0.05, 0) is 61.2 Å². The molecule has 0 aromatic carbocycles. The average Bonchev–Trinajstić information content (AvgIpc) is 2.45. The van der Waals surface area contributed by atoms with E-state index in [1.54, 1.807) is 0 Å². The summed E-state index contributed by atoms with van der Waals surface area (Å²) < 4.78 is 0. The lowest BCUT2D eigenvalue weighted by Gasteiger charge is -2.42. The molecule has 1 aliphatic carbocycles. The third kappa shape index (κ3) is 6.33. The van der Waals surface area contributed by atoms with Crippen molar-refractivity contribution in [1.29, 1.82) is 0 Å². The van der Waals surface area contributed by atoms with Crippen LogP contribution in [0.4, 0.5) is 0 Å². The van der Waals surface area contributed by atoms with Crippen molar-refractivity contribution in [2.75, 3.05) is 0 Å². The second kappa shape index (κ2) is 9.21. The molecule has 5 unspecified atom stereocenters. The molecule has 0 heteroatoms. The van der Waals surface area contributed by atoms with E-state index in [0.29, 0.717) is 5.41 Å². The second-order valence-electron chi connectivity index (χ2n) is 8.69. The molecule has 0 spiro atoms. The summed E-state index contributed by atoms with van der Waals surface area (Å²) >= 11 is 0. The van der Waals surface area contributed by atoms with Gasteiger partial charge in [-0.25, -0.2) is 0 Å². The summed E-state index contributed by atoms with van der Waals surface area (Å²) in [7, 11) is 0. The normalized spacial score (nSPS) is 32.9. The van der Waals surface area contributed by atoms with E-state index in [1.165, 1.54) is 64.2 Å². The van der Waals surface area contributed by atoms with Crippen molar-refractivity contribution >= 4 is 0 Å². The van der Waals surface area contributed by atoms with Crippen molar-refractivity contribution in [2.45, 2.75) is 106 Å². The Balaban J connectivity index is 2.33. The summed E-state index contributed by atoms with van der Waals surface area (Å²) in [5.74, 6) is 3.79. The number of hydrogen-bond acceptors (Lipinski definition) is 0. The Labute approximate surface area is 135 Å². The topological polar surface area (TPSA) is 0 Å². The third-order valence-corrected chi connectivity index (χ3v) is 6.70. The van der Waals surface area contributed by atoms with E-state index in [2.05, 4.69) is 41.5 Å². The molecule has 0 nitrogen and oxygen atoms in total. The Kier molecular flexibility index (Phi) is 8.35. The molecule has 0 heterocycles. The van der Waals surface area contributed by atoms with E-state index in [9.17, 15) is 0 Å². The highest BCUT2D eigenvalue weighted by molar-refractivity contribution is 4.86. The minimum Gasteiger partial charge on any atom is -0.0654 e. The highest BCUT2D eigenvalue weighted by atomic mass is 14.4. The summed E-state index contributed by atoms with van der Waals surface area (Å²) in [4.78, 5) is 0. The summed E-state index contributed by atoms with van der Waals surface area (Å²) in [5.41, 5.74) is 0.641. The lowest BCUT2D eigenvalue weighted by molar-refractivity contribution is 0.0915. The number of rotatable bonds is 9. The van der Waals surface area contributed by atoms with Crippen molar-refractivity contribution in [3.05, 3.63) is 0 Å². The van der Waals surface area contributed by atoms with Crippen LogP contribution in [0.25, 0.3) is 0 Å². The van der Waals surface area contributed by atoms with Gasteiger partial charge in [0.05, 0.1) is 0 Å². The smallest absolute Gasteiger partial charge is 0.0323 e. The fourth-order valence-corrected chi connectivity index (χ4v) is 4.56. The molecule has 126 valence electrons. The molecule has 0 radical (unpaired) electrons. The minimum atomic E-state index is 0.641. The predicted octanol–water partition coefficient (Wildman–Crippen LogP) is 7.47. The van der Waals surface area contributed by atoms with Crippen LogP contribution in [0.15, 0.2) is 0 Å². The molecule has 21 heavy (non-hydrogen) atoms. The first-order valence-corrected chi connectivity index (χ1v) is 9.91. The third-order valence-electron chi connectivity index (χ3n) is 6.70. The summed E-state index contributed by atoms with van der Waals surface area (Å²) in [6.07, 6.45) is 14.4. The van der Waals surface area contributed by atoms with Crippen LogP contribution >= 0.6 is 0 Å². The Morgan fingerprint density at radius 2 is 1.71 bits per heavy atom. The second-order valence-corrected chi connectivity index (χ2v) is 8.69. The van der Waals surface area contributed by atoms with Gasteiger partial charge in [-0.2, -0.15) is 0 Å². The maximum atomic E-state index is 2.57. The van der Waals surface area contributed by atoms with Gasteiger partial charge >= 0.3 is 0 Å². The van der Waals surface area contributed by atoms with Crippen LogP contribution in [0, 0.1) is 29.1 Å². The van der Waals surface area contributed by atoms with Gasteiger partial charge in [-0.1, -0.05) is 73.6 Å². The summed E-state index contributed by atoms with van der Waals surface area (Å²) in [5, 5.41) is 0. The van der Waals surface area contributed by atoms with Gasteiger partial charge in [0.1, 0.15) is 0 Å². The molecule has 0 amide bonds. The Morgan fingerprint density at radius 3 is 2.29 bits per heavy atom. The Bertz CT molecular complexity index is 269. The van der Waals surface area contributed by atoms with E-state index < -0.39 is 0 Å². The first-order valence-electron chi connectivity index (χ1n) is 9.91. The van der Waals surface area contributed by atoms with Gasteiger partial charge in [0, 0.05) is 0 Å². The maximum Gasteiger partial charge on any atom is -0.0323 e. The zero-order valence-electron chi connectivity index (χ0n) is 15.9. The van der Waals surface area contributed by atoms with E-state index in [0.717, 1.165) is 23.7 Å². The minimum absolute atomic E-state index is 0.641. The molecule has 1 rings (SSSR count). The van der Waals surface area contributed by atoms with Crippen LogP contribution in [0.1, 0.15) is 106 Å². The van der Waals surface area contributed by atoms with Gasteiger partial charge in [0.25, 0.3) is 0 Å². The molecule has 5 atom stereocenters. The van der Waals surface area contributed by atoms with E-state index in [-0.39, 0.29) is 0 Å². The monoisotopic (exact) mass is 294 g/mol. The molecule has 0 N–H and O–H groups in total. The van der Waals surface area contributed by atoms with Gasteiger partial charge in [0.15, 0.2) is 0 Å². The van der Waals surface area contributed by atoms with Gasteiger partial charge < -0.3 is 0 Å². The molecule has 1 aliphatic rings. The van der Waals surface area contributed by atoms with E-state index in [4.69, 9.17) is 0 Å². The molecule has 0 aromatic heterocycles. The molecule has 0 aromatic rings. The van der Waals surface area contributed by atoms with Crippen molar-refractivity contribution in [3.8, 4) is 0 Å². The molecular weight excluding hydrogens is 252 g/mol.